The average molecular weight is 344 g/mol. The third-order valence-corrected chi connectivity index (χ3v) is 3.61. The van der Waals surface area contributed by atoms with Crippen molar-refractivity contribution in [2.45, 2.75) is 13.0 Å². The van der Waals surface area contributed by atoms with Crippen LogP contribution in [0.3, 0.4) is 0 Å². The maximum absolute atomic E-state index is 12.4. The Bertz CT molecular complexity index is 729. The average Bonchev–Trinajstić information content (AvgIpc) is 2.66. The van der Waals surface area contributed by atoms with Crippen LogP contribution in [-0.4, -0.2) is 39.2 Å². The molecular weight excluding hydrogens is 324 g/mol. The van der Waals surface area contributed by atoms with E-state index in [1.54, 1.807) is 37.4 Å². The molecule has 0 amide bonds. The van der Waals surface area contributed by atoms with Crippen LogP contribution in [0.25, 0.3) is 0 Å². The van der Waals surface area contributed by atoms with Gasteiger partial charge in [-0.25, -0.2) is 4.79 Å². The highest BCUT2D eigenvalue weighted by atomic mass is 16.5. The van der Waals surface area contributed by atoms with Crippen LogP contribution in [-0.2, 0) is 4.74 Å². The molecule has 0 heterocycles. The molecule has 0 aromatic heterocycles. The lowest BCUT2D eigenvalue weighted by Crippen LogP contribution is -2.24. The van der Waals surface area contributed by atoms with Crippen LogP contribution in [0.15, 0.2) is 42.5 Å². The number of carbonyl (C=O) groups is 2. The van der Waals surface area contributed by atoms with Gasteiger partial charge in [0.2, 0.25) is 5.78 Å². The summed E-state index contributed by atoms with van der Waals surface area (Å²) in [5.41, 5.74) is 0.676. The van der Waals surface area contributed by atoms with Crippen molar-refractivity contribution in [2.24, 2.45) is 0 Å². The molecule has 2 aromatic rings. The van der Waals surface area contributed by atoms with Gasteiger partial charge < -0.3 is 18.9 Å². The number of rotatable bonds is 7. The van der Waals surface area contributed by atoms with E-state index in [9.17, 15) is 9.59 Å². The molecule has 0 fully saturated rings. The molecule has 6 nitrogen and oxygen atoms in total. The van der Waals surface area contributed by atoms with Gasteiger partial charge in [0.1, 0.15) is 17.2 Å². The Kier molecular flexibility index (Phi) is 6.00. The second-order valence-electron chi connectivity index (χ2n) is 5.24. The first-order valence-corrected chi connectivity index (χ1v) is 7.60. The molecular formula is C19H20O6. The first-order chi connectivity index (χ1) is 12.0. The number of ketones is 1. The lowest BCUT2D eigenvalue weighted by Gasteiger charge is -2.14. The number of carbonyl (C=O) groups excluding carboxylic acids is 2. The molecule has 0 saturated heterocycles. The second-order valence-corrected chi connectivity index (χ2v) is 5.24. The summed E-state index contributed by atoms with van der Waals surface area (Å²) < 4.78 is 20.6. The van der Waals surface area contributed by atoms with Gasteiger partial charge in [-0.15, -0.1) is 0 Å². The van der Waals surface area contributed by atoms with Gasteiger partial charge in [0.25, 0.3) is 0 Å². The molecule has 0 aliphatic heterocycles. The summed E-state index contributed by atoms with van der Waals surface area (Å²) in [6, 6.07) is 11.3. The zero-order valence-corrected chi connectivity index (χ0v) is 14.6. The Balaban J connectivity index is 2.12. The molecule has 0 aliphatic rings. The maximum Gasteiger partial charge on any atom is 0.339 e. The predicted molar refractivity (Wildman–Crippen MR) is 91.7 cm³/mol. The van der Waals surface area contributed by atoms with Gasteiger partial charge in [0.15, 0.2) is 6.10 Å². The Morgan fingerprint density at radius 2 is 1.28 bits per heavy atom. The molecule has 2 rings (SSSR count). The number of hydrogen-bond acceptors (Lipinski definition) is 6. The summed E-state index contributed by atoms with van der Waals surface area (Å²) in [7, 11) is 4.52. The largest absolute Gasteiger partial charge is 0.497 e. The van der Waals surface area contributed by atoms with Crippen molar-refractivity contribution in [1.82, 2.24) is 0 Å². The van der Waals surface area contributed by atoms with Crippen LogP contribution in [0.5, 0.6) is 17.2 Å². The first-order valence-electron chi connectivity index (χ1n) is 7.60. The fourth-order valence-electron chi connectivity index (χ4n) is 2.20. The minimum atomic E-state index is -0.932. The van der Waals surface area contributed by atoms with Crippen LogP contribution in [0.1, 0.15) is 27.6 Å². The summed E-state index contributed by atoms with van der Waals surface area (Å²) in [6.45, 7) is 1.53. The highest BCUT2D eigenvalue weighted by molar-refractivity contribution is 6.01. The number of Topliss-reactive ketones (excluding diaryl/α,β-unsaturated/α-hetero) is 1. The predicted octanol–water partition coefficient (Wildman–Crippen LogP) is 3.14. The van der Waals surface area contributed by atoms with Crippen molar-refractivity contribution >= 4 is 11.8 Å². The van der Waals surface area contributed by atoms with Gasteiger partial charge in [-0.3, -0.25) is 4.79 Å². The zero-order chi connectivity index (χ0) is 18.4. The molecule has 0 bridgehead atoms. The Morgan fingerprint density at radius 3 is 1.76 bits per heavy atom. The quantitative estimate of drug-likeness (QED) is 0.568. The van der Waals surface area contributed by atoms with Crippen molar-refractivity contribution in [2.75, 3.05) is 21.3 Å². The van der Waals surface area contributed by atoms with E-state index in [1.165, 1.54) is 33.3 Å². The highest BCUT2D eigenvalue weighted by Gasteiger charge is 2.21. The molecule has 1 atom stereocenters. The standard InChI is InChI=1S/C19H20O6/c1-12(18(20)13-5-7-15(22-2)8-6-13)25-19(21)14-9-16(23-3)11-17(10-14)24-4/h5-12H,1-4H3/t12-/m0/s1. The number of ether oxygens (including phenoxy) is 4. The van der Waals surface area contributed by atoms with Crippen LogP contribution in [0.2, 0.25) is 0 Å². The molecule has 6 heteroatoms. The lowest BCUT2D eigenvalue weighted by molar-refractivity contribution is 0.0318. The van der Waals surface area contributed by atoms with Crippen LogP contribution < -0.4 is 14.2 Å². The summed E-state index contributed by atoms with van der Waals surface area (Å²) in [5.74, 6) is 0.628. The molecule has 0 N–H and O–H groups in total. The number of benzene rings is 2. The summed E-state index contributed by atoms with van der Waals surface area (Å²) in [6.07, 6.45) is -0.932. The van der Waals surface area contributed by atoms with Crippen LogP contribution >= 0.6 is 0 Å². The minimum Gasteiger partial charge on any atom is -0.497 e. The summed E-state index contributed by atoms with van der Waals surface area (Å²) >= 11 is 0. The summed E-state index contributed by atoms with van der Waals surface area (Å²) in [4.78, 5) is 24.7. The molecule has 0 unspecified atom stereocenters. The van der Waals surface area contributed by atoms with Crippen LogP contribution in [0, 0.1) is 0 Å². The molecule has 0 saturated carbocycles. The van der Waals surface area contributed by atoms with Gasteiger partial charge in [0, 0.05) is 11.6 Å². The Hall–Kier alpha value is -3.02. The van der Waals surface area contributed by atoms with Crippen molar-refractivity contribution in [1.29, 1.82) is 0 Å². The van der Waals surface area contributed by atoms with Crippen LogP contribution in [0.4, 0.5) is 0 Å². The molecule has 0 radical (unpaired) electrons. The van der Waals surface area contributed by atoms with E-state index in [2.05, 4.69) is 0 Å². The van der Waals surface area contributed by atoms with E-state index in [0.717, 1.165) is 0 Å². The monoisotopic (exact) mass is 344 g/mol. The number of esters is 1. The molecule has 0 aliphatic carbocycles. The van der Waals surface area contributed by atoms with Crippen molar-refractivity contribution in [3.05, 3.63) is 53.6 Å². The molecule has 2 aromatic carbocycles. The first kappa shape index (κ1) is 18.3. The number of methoxy groups -OCH3 is 3. The summed E-state index contributed by atoms with van der Waals surface area (Å²) in [5, 5.41) is 0. The fourth-order valence-corrected chi connectivity index (χ4v) is 2.20. The highest BCUT2D eigenvalue weighted by Crippen LogP contribution is 2.23. The topological polar surface area (TPSA) is 71.1 Å². The lowest BCUT2D eigenvalue weighted by atomic mass is 10.1. The van der Waals surface area contributed by atoms with E-state index in [-0.39, 0.29) is 11.3 Å². The molecule has 132 valence electrons. The third-order valence-electron chi connectivity index (χ3n) is 3.61. The second kappa shape index (κ2) is 8.19. The van der Waals surface area contributed by atoms with Gasteiger partial charge in [0.05, 0.1) is 26.9 Å². The van der Waals surface area contributed by atoms with E-state index in [4.69, 9.17) is 18.9 Å². The minimum absolute atomic E-state index is 0.241. The SMILES string of the molecule is COc1ccc(C(=O)[C@H](C)OC(=O)c2cc(OC)cc(OC)c2)cc1. The van der Waals surface area contributed by atoms with Gasteiger partial charge in [-0.1, -0.05) is 0 Å². The fraction of sp³-hybridized carbons (Fsp3) is 0.263. The van der Waals surface area contributed by atoms with Crippen molar-refractivity contribution in [3.8, 4) is 17.2 Å². The smallest absolute Gasteiger partial charge is 0.339 e. The Morgan fingerprint density at radius 1 is 0.760 bits per heavy atom. The Labute approximate surface area is 146 Å². The van der Waals surface area contributed by atoms with Crippen molar-refractivity contribution in [3.63, 3.8) is 0 Å². The van der Waals surface area contributed by atoms with Gasteiger partial charge in [-0.2, -0.15) is 0 Å². The van der Waals surface area contributed by atoms with E-state index < -0.39 is 12.1 Å². The van der Waals surface area contributed by atoms with E-state index >= 15 is 0 Å². The van der Waals surface area contributed by atoms with Gasteiger partial charge >= 0.3 is 5.97 Å². The maximum atomic E-state index is 12.4. The van der Waals surface area contributed by atoms with Gasteiger partial charge in [-0.05, 0) is 43.3 Å². The normalized spacial score (nSPS) is 11.4. The van der Waals surface area contributed by atoms with E-state index in [0.29, 0.717) is 22.8 Å². The number of hydrogen-bond donors (Lipinski definition) is 0. The zero-order valence-electron chi connectivity index (χ0n) is 14.6. The third kappa shape index (κ3) is 4.50. The molecule has 0 spiro atoms. The molecule has 25 heavy (non-hydrogen) atoms. The van der Waals surface area contributed by atoms with E-state index in [1.807, 2.05) is 0 Å². The van der Waals surface area contributed by atoms with Crippen molar-refractivity contribution < 1.29 is 28.5 Å².